The first-order valence-electron chi connectivity index (χ1n) is 6.82. The smallest absolute Gasteiger partial charge is 0.0208 e. The first-order valence-corrected chi connectivity index (χ1v) is 7.87. The van der Waals surface area contributed by atoms with Crippen molar-refractivity contribution in [3.63, 3.8) is 0 Å². The molecule has 2 rings (SSSR count). The van der Waals surface area contributed by atoms with E-state index in [1.807, 2.05) is 0 Å². The van der Waals surface area contributed by atoms with Crippen molar-refractivity contribution >= 4 is 11.8 Å². The topological polar surface area (TPSA) is 29.3 Å². The number of nitrogens with zero attached hydrogens (tertiary/aromatic N) is 1. The Morgan fingerprint density at radius 3 is 2.78 bits per heavy atom. The Hall–Kier alpha value is -0.510. The molecule has 3 heteroatoms. The Labute approximate surface area is 115 Å². The van der Waals surface area contributed by atoms with Gasteiger partial charge in [-0.1, -0.05) is 37.3 Å². The highest BCUT2D eigenvalue weighted by Gasteiger charge is 2.26. The van der Waals surface area contributed by atoms with Crippen LogP contribution < -0.4 is 5.73 Å². The maximum atomic E-state index is 6.30. The molecule has 3 atom stereocenters. The lowest BCUT2D eigenvalue weighted by molar-refractivity contribution is 0.200. The standard InChI is InChI=1S/C15H24N2S/c1-12-13(2)18-9-8-17(12)11-15(16)10-14-6-4-3-5-7-14/h3-7,12-13,15H,8-11,16H2,1-2H3. The fraction of sp³-hybridized carbons (Fsp3) is 0.600. The fourth-order valence-electron chi connectivity index (χ4n) is 2.54. The number of benzene rings is 1. The van der Waals surface area contributed by atoms with Crippen LogP contribution in [0.2, 0.25) is 0 Å². The Balaban J connectivity index is 1.85. The first-order chi connectivity index (χ1) is 8.66. The van der Waals surface area contributed by atoms with Crippen molar-refractivity contribution in [3.8, 4) is 0 Å². The second-order valence-corrected chi connectivity index (χ2v) is 6.75. The minimum Gasteiger partial charge on any atom is -0.326 e. The van der Waals surface area contributed by atoms with Crippen molar-refractivity contribution in [2.45, 2.75) is 37.6 Å². The van der Waals surface area contributed by atoms with Crippen molar-refractivity contribution in [1.29, 1.82) is 0 Å². The monoisotopic (exact) mass is 264 g/mol. The van der Waals surface area contributed by atoms with Crippen LogP contribution in [0.15, 0.2) is 30.3 Å². The van der Waals surface area contributed by atoms with Gasteiger partial charge in [0.05, 0.1) is 0 Å². The summed E-state index contributed by atoms with van der Waals surface area (Å²) in [5, 5.41) is 0.725. The van der Waals surface area contributed by atoms with Gasteiger partial charge < -0.3 is 5.73 Å². The quantitative estimate of drug-likeness (QED) is 0.905. The summed E-state index contributed by atoms with van der Waals surface area (Å²) in [6, 6.07) is 11.4. The average Bonchev–Trinajstić information content (AvgIpc) is 2.36. The summed E-state index contributed by atoms with van der Waals surface area (Å²) < 4.78 is 0. The minimum absolute atomic E-state index is 0.241. The van der Waals surface area contributed by atoms with Crippen molar-refractivity contribution < 1.29 is 0 Å². The zero-order valence-electron chi connectivity index (χ0n) is 11.4. The Kier molecular flexibility index (Phi) is 5.10. The molecule has 0 aromatic heterocycles. The second-order valence-electron chi connectivity index (χ2n) is 5.26. The van der Waals surface area contributed by atoms with E-state index < -0.39 is 0 Å². The van der Waals surface area contributed by atoms with E-state index in [0.717, 1.165) is 18.2 Å². The van der Waals surface area contributed by atoms with Gasteiger partial charge in [-0.25, -0.2) is 0 Å². The van der Waals surface area contributed by atoms with Gasteiger partial charge in [0, 0.05) is 36.2 Å². The molecule has 0 saturated carbocycles. The summed E-state index contributed by atoms with van der Waals surface area (Å²) in [4.78, 5) is 2.55. The van der Waals surface area contributed by atoms with E-state index in [9.17, 15) is 0 Å². The maximum absolute atomic E-state index is 6.30. The highest BCUT2D eigenvalue weighted by atomic mass is 32.2. The zero-order chi connectivity index (χ0) is 13.0. The minimum atomic E-state index is 0.241. The molecule has 100 valence electrons. The van der Waals surface area contributed by atoms with Crippen molar-refractivity contribution in [2.75, 3.05) is 18.8 Å². The average molecular weight is 264 g/mol. The largest absolute Gasteiger partial charge is 0.326 e. The molecule has 1 aromatic rings. The molecule has 0 amide bonds. The lowest BCUT2D eigenvalue weighted by Gasteiger charge is -2.38. The molecular weight excluding hydrogens is 240 g/mol. The fourth-order valence-corrected chi connectivity index (χ4v) is 3.70. The molecule has 2 nitrogen and oxygen atoms in total. The van der Waals surface area contributed by atoms with E-state index in [4.69, 9.17) is 5.73 Å². The van der Waals surface area contributed by atoms with Gasteiger partial charge in [0.1, 0.15) is 0 Å². The lowest BCUT2D eigenvalue weighted by atomic mass is 10.1. The van der Waals surface area contributed by atoms with Gasteiger partial charge in [-0.2, -0.15) is 11.8 Å². The van der Waals surface area contributed by atoms with Crippen molar-refractivity contribution in [1.82, 2.24) is 4.90 Å². The van der Waals surface area contributed by atoms with E-state index in [1.54, 1.807) is 0 Å². The van der Waals surface area contributed by atoms with Crippen LogP contribution in [0.1, 0.15) is 19.4 Å². The Morgan fingerprint density at radius 2 is 2.06 bits per heavy atom. The molecule has 1 aliphatic rings. The molecule has 1 aromatic carbocycles. The molecule has 2 N–H and O–H groups in total. The molecule has 1 aliphatic heterocycles. The second kappa shape index (κ2) is 6.60. The third-order valence-electron chi connectivity index (χ3n) is 3.82. The van der Waals surface area contributed by atoms with Crippen LogP contribution in [-0.4, -0.2) is 41.1 Å². The summed E-state index contributed by atoms with van der Waals surface area (Å²) in [5.41, 5.74) is 7.64. The van der Waals surface area contributed by atoms with Crippen molar-refractivity contribution in [2.24, 2.45) is 5.73 Å². The van der Waals surface area contributed by atoms with Gasteiger partial charge in [-0.3, -0.25) is 4.90 Å². The molecule has 1 fully saturated rings. The molecule has 0 aliphatic carbocycles. The maximum Gasteiger partial charge on any atom is 0.0208 e. The van der Waals surface area contributed by atoms with E-state index in [-0.39, 0.29) is 6.04 Å². The molecular formula is C15H24N2S. The van der Waals surface area contributed by atoms with Gasteiger partial charge >= 0.3 is 0 Å². The van der Waals surface area contributed by atoms with E-state index in [0.29, 0.717) is 6.04 Å². The zero-order valence-corrected chi connectivity index (χ0v) is 12.2. The number of nitrogens with two attached hydrogens (primary N) is 1. The number of hydrogen-bond donors (Lipinski definition) is 1. The number of thioether (sulfide) groups is 1. The Bertz CT molecular complexity index is 355. The van der Waals surface area contributed by atoms with Crippen LogP contribution in [0.3, 0.4) is 0 Å². The molecule has 3 unspecified atom stereocenters. The van der Waals surface area contributed by atoms with Gasteiger partial charge in [-0.15, -0.1) is 0 Å². The summed E-state index contributed by atoms with van der Waals surface area (Å²) in [6.07, 6.45) is 0.978. The van der Waals surface area contributed by atoms with E-state index >= 15 is 0 Å². The van der Waals surface area contributed by atoms with E-state index in [1.165, 1.54) is 17.9 Å². The molecule has 0 radical (unpaired) electrons. The number of rotatable bonds is 4. The third kappa shape index (κ3) is 3.74. The predicted octanol–water partition coefficient (Wildman–Crippen LogP) is 2.38. The van der Waals surface area contributed by atoms with Crippen molar-refractivity contribution in [3.05, 3.63) is 35.9 Å². The van der Waals surface area contributed by atoms with Crippen LogP contribution in [0.25, 0.3) is 0 Å². The van der Waals surface area contributed by atoms with Gasteiger partial charge in [0.25, 0.3) is 0 Å². The van der Waals surface area contributed by atoms with Crippen LogP contribution in [0, 0.1) is 0 Å². The predicted molar refractivity (Wildman–Crippen MR) is 81.1 cm³/mol. The Morgan fingerprint density at radius 1 is 1.33 bits per heavy atom. The molecule has 1 saturated heterocycles. The van der Waals surface area contributed by atoms with Crippen LogP contribution in [-0.2, 0) is 6.42 Å². The molecule has 0 bridgehead atoms. The summed E-state index contributed by atoms with van der Waals surface area (Å²) >= 11 is 2.08. The van der Waals surface area contributed by atoms with Crippen LogP contribution in [0.5, 0.6) is 0 Å². The van der Waals surface area contributed by atoms with Crippen LogP contribution in [0.4, 0.5) is 0 Å². The SMILES string of the molecule is CC1SCCN(CC(N)Cc2ccccc2)C1C. The van der Waals surface area contributed by atoms with Crippen LogP contribution >= 0.6 is 11.8 Å². The first kappa shape index (κ1) is 13.9. The highest BCUT2D eigenvalue weighted by Crippen LogP contribution is 2.24. The summed E-state index contributed by atoms with van der Waals surface area (Å²) in [7, 11) is 0. The molecule has 18 heavy (non-hydrogen) atoms. The summed E-state index contributed by atoms with van der Waals surface area (Å²) in [5.74, 6) is 1.24. The van der Waals surface area contributed by atoms with E-state index in [2.05, 4.69) is 60.8 Å². The summed E-state index contributed by atoms with van der Waals surface area (Å²) in [6.45, 7) is 6.84. The lowest BCUT2D eigenvalue weighted by Crippen LogP contribution is -2.49. The normalized spacial score (nSPS) is 27.1. The molecule has 1 heterocycles. The third-order valence-corrected chi connectivity index (χ3v) is 5.16. The van der Waals surface area contributed by atoms with Gasteiger partial charge in [-0.05, 0) is 18.9 Å². The highest BCUT2D eigenvalue weighted by molar-refractivity contribution is 8.00. The van der Waals surface area contributed by atoms with Gasteiger partial charge in [0.15, 0.2) is 0 Å². The number of hydrogen-bond acceptors (Lipinski definition) is 3. The molecule has 0 spiro atoms. The van der Waals surface area contributed by atoms with Gasteiger partial charge in [0.2, 0.25) is 0 Å².